The number of hydrogen-bond donors (Lipinski definition) is 0. The molecule has 0 heterocycles. The van der Waals surface area contributed by atoms with E-state index in [-0.39, 0.29) is 0 Å². The summed E-state index contributed by atoms with van der Waals surface area (Å²) in [4.78, 5) is 33.5. The summed E-state index contributed by atoms with van der Waals surface area (Å²) >= 11 is 0. The maximum atomic E-state index is 11.4. The van der Waals surface area contributed by atoms with Crippen LogP contribution >= 0.6 is 0 Å². The highest BCUT2D eigenvalue weighted by molar-refractivity contribution is 5.68. The first-order chi connectivity index (χ1) is 12.6. The van der Waals surface area contributed by atoms with Crippen molar-refractivity contribution in [3.63, 3.8) is 0 Å². The van der Waals surface area contributed by atoms with E-state index in [0.29, 0.717) is 12.0 Å². The van der Waals surface area contributed by atoms with E-state index < -0.39 is 24.0 Å². The predicted molar refractivity (Wildman–Crippen MR) is 102 cm³/mol. The van der Waals surface area contributed by atoms with Gasteiger partial charge >= 0.3 is 17.9 Å². The van der Waals surface area contributed by atoms with Gasteiger partial charge < -0.3 is 14.2 Å². The number of hydrogen-bond acceptors (Lipinski definition) is 6. The van der Waals surface area contributed by atoms with Crippen molar-refractivity contribution in [1.82, 2.24) is 0 Å². The van der Waals surface area contributed by atoms with Gasteiger partial charge in [-0.1, -0.05) is 23.5 Å². The van der Waals surface area contributed by atoms with Crippen molar-refractivity contribution in [2.45, 2.75) is 54.1 Å². The molecule has 0 aromatic rings. The van der Waals surface area contributed by atoms with E-state index in [1.807, 2.05) is 20.8 Å². The van der Waals surface area contributed by atoms with Crippen molar-refractivity contribution in [2.24, 2.45) is 0 Å². The lowest BCUT2D eigenvalue weighted by Gasteiger charge is -2.16. The average molecular weight is 374 g/mol. The summed E-state index contributed by atoms with van der Waals surface area (Å²) in [5.41, 5.74) is 2.23. The van der Waals surface area contributed by atoms with Crippen molar-refractivity contribution in [2.75, 3.05) is 0 Å². The van der Waals surface area contributed by atoms with Crippen LogP contribution in [0.1, 0.15) is 48.0 Å². The molecule has 0 aromatic heterocycles. The second-order valence-electron chi connectivity index (χ2n) is 5.85. The predicted octanol–water partition coefficient (Wildman–Crippen LogP) is 3.75. The summed E-state index contributed by atoms with van der Waals surface area (Å²) in [6.45, 7) is 9.50. The highest BCUT2D eigenvalue weighted by Crippen LogP contribution is 2.16. The molecule has 27 heavy (non-hydrogen) atoms. The van der Waals surface area contributed by atoms with E-state index >= 15 is 0 Å². The van der Waals surface area contributed by atoms with Crippen LogP contribution in [0.15, 0.2) is 47.5 Å². The van der Waals surface area contributed by atoms with Crippen molar-refractivity contribution >= 4 is 17.9 Å². The molecule has 0 unspecified atom stereocenters. The van der Waals surface area contributed by atoms with Crippen LogP contribution in [-0.2, 0) is 28.6 Å². The molecule has 0 spiro atoms. The van der Waals surface area contributed by atoms with Gasteiger partial charge in [0, 0.05) is 32.8 Å². The molecule has 0 saturated carbocycles. The Morgan fingerprint density at radius 3 is 2.07 bits per heavy atom. The Morgan fingerprint density at radius 1 is 0.926 bits per heavy atom. The Labute approximate surface area is 160 Å². The van der Waals surface area contributed by atoms with Crippen LogP contribution in [0.4, 0.5) is 0 Å². The molecule has 0 N–H and O–H groups in total. The Hall–Kier alpha value is -3.07. The molecule has 1 atom stereocenters. The number of esters is 3. The lowest BCUT2D eigenvalue weighted by atomic mass is 10.1. The summed E-state index contributed by atoms with van der Waals surface area (Å²) < 4.78 is 14.9. The molecule has 0 aromatic carbocycles. The van der Waals surface area contributed by atoms with Gasteiger partial charge in [0.2, 0.25) is 0 Å². The summed E-state index contributed by atoms with van der Waals surface area (Å²) in [7, 11) is 0. The number of carbonyl (C=O) groups excluding carboxylic acids is 3. The van der Waals surface area contributed by atoms with Gasteiger partial charge in [-0.3, -0.25) is 14.4 Å². The number of allylic oxidation sites excluding steroid dienone is 3. The molecule has 6 heteroatoms. The number of carbonyl (C=O) groups is 3. The second kappa shape index (κ2) is 13.2. The van der Waals surface area contributed by atoms with Gasteiger partial charge in [0.05, 0.1) is 6.26 Å². The summed E-state index contributed by atoms with van der Waals surface area (Å²) in [6.07, 6.45) is 6.86. The molecule has 0 saturated heterocycles. The van der Waals surface area contributed by atoms with Crippen molar-refractivity contribution in [3.8, 4) is 11.8 Å². The van der Waals surface area contributed by atoms with Gasteiger partial charge in [0.15, 0.2) is 0 Å². The lowest BCUT2D eigenvalue weighted by molar-refractivity contribution is -0.144. The third kappa shape index (κ3) is 13.9. The van der Waals surface area contributed by atoms with Crippen LogP contribution in [0.3, 0.4) is 0 Å². The van der Waals surface area contributed by atoms with Gasteiger partial charge in [0.1, 0.15) is 12.4 Å². The molecule has 0 radical (unpaired) electrons. The summed E-state index contributed by atoms with van der Waals surface area (Å²) in [5, 5.41) is 0. The summed E-state index contributed by atoms with van der Waals surface area (Å²) in [6, 6.07) is 0. The van der Waals surface area contributed by atoms with Gasteiger partial charge in [-0.15, -0.1) is 0 Å². The van der Waals surface area contributed by atoms with Crippen molar-refractivity contribution in [1.29, 1.82) is 0 Å². The smallest absolute Gasteiger partial charge is 0.307 e. The lowest BCUT2D eigenvalue weighted by Crippen LogP contribution is -2.18. The normalized spacial score (nSPS) is 12.5. The standard InChI is InChI=1S/C21H26O6/c1-15(2)8-7-9-16(3)10-11-21(27-19(6)24)20(14-26-18(5)23)12-13-25-17(4)22/h8,10,12-14,21H,11H2,1-6H3/b13-12-,16-10+,20-14-/t21-/m1/s1. The molecule has 0 aliphatic rings. The quantitative estimate of drug-likeness (QED) is 0.222. The molecule has 0 rings (SSSR count). The van der Waals surface area contributed by atoms with Crippen molar-refractivity contribution < 1.29 is 28.6 Å². The molecule has 0 aliphatic carbocycles. The Balaban J connectivity index is 5.54. The Bertz CT molecular complexity index is 722. The third-order valence-electron chi connectivity index (χ3n) is 2.80. The largest absolute Gasteiger partial charge is 0.457 e. The topological polar surface area (TPSA) is 78.9 Å². The minimum Gasteiger partial charge on any atom is -0.457 e. The zero-order chi connectivity index (χ0) is 20.8. The molecule has 146 valence electrons. The highest BCUT2D eigenvalue weighted by Gasteiger charge is 2.16. The van der Waals surface area contributed by atoms with Gasteiger partial charge in [0.25, 0.3) is 0 Å². The first-order valence-electron chi connectivity index (χ1n) is 8.31. The van der Waals surface area contributed by atoms with Crippen LogP contribution < -0.4 is 0 Å². The maximum Gasteiger partial charge on any atom is 0.307 e. The first-order valence-corrected chi connectivity index (χ1v) is 8.31. The van der Waals surface area contributed by atoms with Crippen LogP contribution in [0.5, 0.6) is 0 Å². The van der Waals surface area contributed by atoms with Gasteiger partial charge in [-0.05, 0) is 38.5 Å². The fraction of sp³-hybridized carbons (Fsp3) is 0.381. The Morgan fingerprint density at radius 2 is 1.56 bits per heavy atom. The molecular weight excluding hydrogens is 348 g/mol. The molecule has 0 amide bonds. The maximum absolute atomic E-state index is 11.4. The fourth-order valence-corrected chi connectivity index (χ4v) is 1.66. The minimum atomic E-state index is -0.742. The highest BCUT2D eigenvalue weighted by atomic mass is 16.5. The van der Waals surface area contributed by atoms with E-state index in [1.54, 1.807) is 12.2 Å². The van der Waals surface area contributed by atoms with Crippen LogP contribution in [0.25, 0.3) is 0 Å². The van der Waals surface area contributed by atoms with Gasteiger partial charge in [-0.2, -0.15) is 0 Å². The van der Waals surface area contributed by atoms with Crippen LogP contribution in [0, 0.1) is 11.8 Å². The second-order valence-corrected chi connectivity index (χ2v) is 5.85. The molecular formula is C21H26O6. The first kappa shape index (κ1) is 23.9. The molecule has 6 nitrogen and oxygen atoms in total. The van der Waals surface area contributed by atoms with Gasteiger partial charge in [-0.25, -0.2) is 0 Å². The summed E-state index contributed by atoms with van der Waals surface area (Å²) in [5.74, 6) is 4.35. The zero-order valence-corrected chi connectivity index (χ0v) is 16.6. The van der Waals surface area contributed by atoms with Crippen molar-refractivity contribution in [3.05, 3.63) is 47.5 Å². The Kier molecular flexibility index (Phi) is 11.7. The molecule has 0 bridgehead atoms. The van der Waals surface area contributed by atoms with E-state index in [4.69, 9.17) is 14.2 Å². The van der Waals surface area contributed by atoms with E-state index in [0.717, 1.165) is 23.7 Å². The monoisotopic (exact) mass is 374 g/mol. The molecule has 0 aliphatic heterocycles. The van der Waals surface area contributed by atoms with Crippen LogP contribution in [-0.4, -0.2) is 24.0 Å². The fourth-order valence-electron chi connectivity index (χ4n) is 1.66. The SMILES string of the molecule is CC(=O)O/C=C\C(=C\OC(C)=O)[C@@H](C/C=C(\C)C#CC=C(C)C)OC(C)=O. The number of ether oxygens (including phenoxy) is 3. The van der Waals surface area contributed by atoms with E-state index in [1.165, 1.54) is 26.8 Å². The van der Waals surface area contributed by atoms with E-state index in [2.05, 4.69) is 11.8 Å². The zero-order valence-electron chi connectivity index (χ0n) is 16.6. The third-order valence-corrected chi connectivity index (χ3v) is 2.80. The average Bonchev–Trinajstić information content (AvgIpc) is 2.53. The molecule has 0 fully saturated rings. The minimum absolute atomic E-state index is 0.298. The van der Waals surface area contributed by atoms with E-state index in [9.17, 15) is 14.4 Å². The number of rotatable bonds is 7. The van der Waals surface area contributed by atoms with Crippen LogP contribution in [0.2, 0.25) is 0 Å².